The first-order valence-corrected chi connectivity index (χ1v) is 17.7. The summed E-state index contributed by atoms with van der Waals surface area (Å²) in [6, 6.07) is 13.2. The summed E-state index contributed by atoms with van der Waals surface area (Å²) in [7, 11) is 0. The maximum absolute atomic E-state index is 15.1. The van der Waals surface area contributed by atoms with E-state index < -0.39 is 41.3 Å². The van der Waals surface area contributed by atoms with Gasteiger partial charge in [-0.15, -0.1) is 0 Å². The zero-order valence-corrected chi connectivity index (χ0v) is 29.9. The number of imide groups is 2. The fourth-order valence-electron chi connectivity index (χ4n) is 6.73. The standard InChI is InChI=1S/C38H42F2N8O7/c39-33-22(21-46-13-15-47(16-14-46)28(35(42)43)20-25(41)23-4-1-2-7-29(23)49)8-10-30(34(33)40)55-19-18-54-17-12-44-26-6-3-5-24-32(26)38(53)48(37(24)52)27-9-11-31(50)45-36(27)51/h1-8,10,20,27,44,49H,9,11-19,21,41-43H2,(H,45,50,51)/b25-20-. The van der Waals surface area contributed by atoms with Crippen LogP contribution in [0.25, 0.3) is 5.70 Å². The molecule has 15 nitrogen and oxygen atoms in total. The number of aromatic hydroxyl groups is 1. The molecule has 0 radical (unpaired) electrons. The number of benzene rings is 3. The van der Waals surface area contributed by atoms with E-state index in [9.17, 15) is 28.7 Å². The number of amides is 4. The van der Waals surface area contributed by atoms with Crippen LogP contribution in [0.4, 0.5) is 14.5 Å². The number of carbonyl (C=O) groups excluding carboxylic acids is 4. The van der Waals surface area contributed by atoms with Crippen molar-refractivity contribution in [3.63, 3.8) is 0 Å². The first-order chi connectivity index (χ1) is 26.4. The van der Waals surface area contributed by atoms with E-state index in [0.29, 0.717) is 48.8 Å². The quantitative estimate of drug-likeness (QED) is 0.0786. The van der Waals surface area contributed by atoms with Gasteiger partial charge in [-0.1, -0.05) is 24.3 Å². The number of allylic oxidation sites excluding steroid dienone is 1. The Bertz CT molecular complexity index is 2050. The van der Waals surface area contributed by atoms with Gasteiger partial charge in [-0.3, -0.25) is 34.3 Å². The molecule has 0 saturated carbocycles. The molecule has 1 unspecified atom stereocenters. The van der Waals surface area contributed by atoms with E-state index in [0.717, 1.165) is 4.90 Å². The van der Waals surface area contributed by atoms with Crippen LogP contribution in [0.3, 0.4) is 0 Å². The minimum Gasteiger partial charge on any atom is -0.507 e. The Morgan fingerprint density at radius 2 is 1.67 bits per heavy atom. The van der Waals surface area contributed by atoms with Crippen LogP contribution in [0.2, 0.25) is 0 Å². The number of nitrogens with one attached hydrogen (secondary N) is 2. The number of hydrogen-bond donors (Lipinski definition) is 6. The topological polar surface area (TPSA) is 219 Å². The zero-order valence-electron chi connectivity index (χ0n) is 29.9. The van der Waals surface area contributed by atoms with Crippen LogP contribution < -0.4 is 32.6 Å². The summed E-state index contributed by atoms with van der Waals surface area (Å²) < 4.78 is 41.1. The smallest absolute Gasteiger partial charge is 0.264 e. The summed E-state index contributed by atoms with van der Waals surface area (Å²) >= 11 is 0. The average Bonchev–Trinajstić information content (AvgIpc) is 3.42. The SMILES string of the molecule is NC(N)=C(/C=C(\N)c1ccccc1O)N1CCN(Cc2ccc(OCCOCCNc3cccc4c3C(=O)N(C3CCC(=O)NC3=O)C4=O)c(F)c2F)CC1. The molecule has 3 aromatic carbocycles. The van der Waals surface area contributed by atoms with Crippen molar-refractivity contribution in [2.75, 3.05) is 57.9 Å². The Morgan fingerprint density at radius 3 is 2.40 bits per heavy atom. The number of carbonyl (C=O) groups is 4. The highest BCUT2D eigenvalue weighted by Gasteiger charge is 2.45. The van der Waals surface area contributed by atoms with Crippen LogP contribution >= 0.6 is 0 Å². The number of piperidine rings is 1. The lowest BCUT2D eigenvalue weighted by Gasteiger charge is -2.37. The third-order valence-corrected chi connectivity index (χ3v) is 9.55. The normalized spacial score (nSPS) is 17.6. The molecule has 55 heavy (non-hydrogen) atoms. The zero-order chi connectivity index (χ0) is 39.2. The van der Waals surface area contributed by atoms with Gasteiger partial charge in [-0.25, -0.2) is 4.39 Å². The van der Waals surface area contributed by atoms with Crippen LogP contribution in [-0.4, -0.2) is 102 Å². The fraction of sp³-hybridized carbons (Fsp3) is 0.316. The first kappa shape index (κ1) is 38.5. The molecule has 0 spiro atoms. The molecule has 0 aliphatic carbocycles. The molecule has 0 aromatic heterocycles. The molecule has 290 valence electrons. The van der Waals surface area contributed by atoms with E-state index in [2.05, 4.69) is 10.6 Å². The summed E-state index contributed by atoms with van der Waals surface area (Å²) in [5, 5.41) is 15.4. The number of para-hydroxylation sites is 1. The monoisotopic (exact) mass is 760 g/mol. The molecule has 6 rings (SSSR count). The number of phenolic OH excluding ortho intramolecular Hbond substituents is 1. The number of hydrogen-bond acceptors (Lipinski definition) is 13. The number of nitrogens with two attached hydrogens (primary N) is 3. The van der Waals surface area contributed by atoms with Crippen LogP contribution in [0, 0.1) is 11.6 Å². The van der Waals surface area contributed by atoms with Gasteiger partial charge in [0.1, 0.15) is 24.2 Å². The maximum Gasteiger partial charge on any atom is 0.264 e. The molecule has 9 N–H and O–H groups in total. The largest absolute Gasteiger partial charge is 0.507 e. The van der Waals surface area contributed by atoms with E-state index in [1.54, 1.807) is 36.4 Å². The minimum absolute atomic E-state index is 0.0217. The number of anilines is 1. The van der Waals surface area contributed by atoms with Crippen molar-refractivity contribution in [3.8, 4) is 11.5 Å². The number of ether oxygens (including phenoxy) is 2. The average molecular weight is 761 g/mol. The highest BCUT2D eigenvalue weighted by molar-refractivity contribution is 6.25. The Kier molecular flexibility index (Phi) is 11.8. The summed E-state index contributed by atoms with van der Waals surface area (Å²) in [4.78, 5) is 55.0. The van der Waals surface area contributed by atoms with Crippen molar-refractivity contribution in [2.45, 2.75) is 25.4 Å². The number of rotatable bonds is 14. The molecule has 0 bridgehead atoms. The van der Waals surface area contributed by atoms with Gasteiger partial charge in [-0.05, 0) is 42.8 Å². The maximum atomic E-state index is 15.1. The number of halogens is 2. The van der Waals surface area contributed by atoms with Gasteiger partial charge in [0, 0.05) is 68.2 Å². The minimum atomic E-state index is -1.10. The molecular formula is C38H42F2N8O7. The number of fused-ring (bicyclic) bond motifs is 1. The second-order valence-electron chi connectivity index (χ2n) is 13.1. The van der Waals surface area contributed by atoms with Gasteiger partial charge in [0.05, 0.1) is 30.0 Å². The Hall–Kier alpha value is -6.20. The van der Waals surface area contributed by atoms with E-state index in [4.69, 9.17) is 26.7 Å². The summed E-state index contributed by atoms with van der Waals surface area (Å²) in [5.74, 6) is -4.65. The third-order valence-electron chi connectivity index (χ3n) is 9.55. The third kappa shape index (κ3) is 8.47. The van der Waals surface area contributed by atoms with Crippen molar-refractivity contribution < 1.29 is 42.5 Å². The lowest BCUT2D eigenvalue weighted by atomic mass is 10.0. The van der Waals surface area contributed by atoms with Crippen molar-refractivity contribution in [2.24, 2.45) is 17.2 Å². The Morgan fingerprint density at radius 1 is 0.909 bits per heavy atom. The fourth-order valence-corrected chi connectivity index (χ4v) is 6.73. The molecule has 3 aromatic rings. The second kappa shape index (κ2) is 16.9. The van der Waals surface area contributed by atoms with E-state index in [1.807, 2.05) is 9.80 Å². The van der Waals surface area contributed by atoms with Crippen molar-refractivity contribution in [3.05, 3.63) is 106 Å². The van der Waals surface area contributed by atoms with Crippen LogP contribution in [0.15, 0.2) is 72.2 Å². The van der Waals surface area contributed by atoms with E-state index in [-0.39, 0.29) is 79.8 Å². The van der Waals surface area contributed by atoms with Crippen molar-refractivity contribution in [1.29, 1.82) is 0 Å². The molecule has 2 fully saturated rings. The predicted molar refractivity (Wildman–Crippen MR) is 197 cm³/mol. The summed E-state index contributed by atoms with van der Waals surface area (Å²) in [5.41, 5.74) is 20.3. The van der Waals surface area contributed by atoms with Gasteiger partial charge in [0.2, 0.25) is 17.6 Å². The van der Waals surface area contributed by atoms with Gasteiger partial charge >= 0.3 is 0 Å². The van der Waals surface area contributed by atoms with Crippen LogP contribution in [-0.2, 0) is 20.9 Å². The van der Waals surface area contributed by atoms with Crippen LogP contribution in [0.1, 0.15) is 44.7 Å². The highest BCUT2D eigenvalue weighted by Crippen LogP contribution is 2.32. The van der Waals surface area contributed by atoms with E-state index >= 15 is 4.39 Å². The Balaban J connectivity index is 0.938. The summed E-state index contributed by atoms with van der Waals surface area (Å²) in [6.07, 6.45) is 1.69. The lowest BCUT2D eigenvalue weighted by molar-refractivity contribution is -0.136. The molecule has 3 aliphatic rings. The molecule has 4 amide bonds. The van der Waals surface area contributed by atoms with Gasteiger partial charge in [-0.2, -0.15) is 4.39 Å². The highest BCUT2D eigenvalue weighted by atomic mass is 19.2. The van der Waals surface area contributed by atoms with Crippen molar-refractivity contribution >= 4 is 35.0 Å². The lowest BCUT2D eigenvalue weighted by Crippen LogP contribution is -2.54. The van der Waals surface area contributed by atoms with Gasteiger partial charge in [0.25, 0.3) is 11.8 Å². The summed E-state index contributed by atoms with van der Waals surface area (Å²) in [6.45, 7) is 2.56. The van der Waals surface area contributed by atoms with E-state index in [1.165, 1.54) is 24.3 Å². The molecule has 17 heteroatoms. The molecule has 1 atom stereocenters. The second-order valence-corrected chi connectivity index (χ2v) is 13.1. The predicted octanol–water partition coefficient (Wildman–Crippen LogP) is 1.78. The van der Waals surface area contributed by atoms with Gasteiger partial charge < -0.3 is 42.0 Å². The molecule has 3 aliphatic heterocycles. The van der Waals surface area contributed by atoms with Gasteiger partial charge in [0.15, 0.2) is 11.6 Å². The Labute approximate surface area is 315 Å². The number of piperazine rings is 1. The molecule has 2 saturated heterocycles. The molecular weight excluding hydrogens is 718 g/mol. The number of phenols is 1. The van der Waals surface area contributed by atoms with Crippen LogP contribution in [0.5, 0.6) is 11.5 Å². The van der Waals surface area contributed by atoms with Crippen molar-refractivity contribution in [1.82, 2.24) is 20.0 Å². The molecule has 3 heterocycles. The first-order valence-electron chi connectivity index (χ1n) is 17.7. The number of nitrogens with zero attached hydrogens (tertiary/aromatic N) is 3.